The third-order valence-corrected chi connectivity index (χ3v) is 2.63. The van der Waals surface area contributed by atoms with E-state index in [0.717, 1.165) is 16.6 Å². The highest BCUT2D eigenvalue weighted by Gasteiger charge is 2.05. The van der Waals surface area contributed by atoms with Gasteiger partial charge in [0.1, 0.15) is 6.61 Å². The van der Waals surface area contributed by atoms with Crippen LogP contribution in [0.25, 0.3) is 10.9 Å². The fraction of sp³-hybridized carbons (Fsp3) is 0.308. The number of pyridine rings is 1. The fourth-order valence-electron chi connectivity index (χ4n) is 1.76. The Labute approximate surface area is 109 Å². The summed E-state index contributed by atoms with van der Waals surface area (Å²) in [5.74, 6) is 0. The molecule has 0 saturated carbocycles. The first kappa shape index (κ1) is 13.5. The van der Waals surface area contributed by atoms with Crippen molar-refractivity contribution in [2.24, 2.45) is 0 Å². The summed E-state index contributed by atoms with van der Waals surface area (Å²) in [6, 6.07) is 7.37. The van der Waals surface area contributed by atoms with Crippen LogP contribution in [0.4, 0.5) is 20.2 Å². The molecule has 0 saturated heterocycles. The van der Waals surface area contributed by atoms with Crippen LogP contribution >= 0.6 is 0 Å². The summed E-state index contributed by atoms with van der Waals surface area (Å²) in [5, 5.41) is 3.92. The number of hydrogen-bond acceptors (Lipinski definition) is 4. The maximum Gasteiger partial charge on any atom is 0.261 e. The molecule has 1 heterocycles. The van der Waals surface area contributed by atoms with Gasteiger partial charge in [0, 0.05) is 18.1 Å². The SMILES string of the molecule is Nc1c(NCCOCC(F)F)ccc2ncccc12. The lowest BCUT2D eigenvalue weighted by molar-refractivity contribution is 0.0215. The Kier molecular flexibility index (Phi) is 4.46. The smallest absolute Gasteiger partial charge is 0.261 e. The number of rotatable bonds is 6. The zero-order valence-corrected chi connectivity index (χ0v) is 10.3. The van der Waals surface area contributed by atoms with Crippen molar-refractivity contribution in [1.82, 2.24) is 4.98 Å². The number of nitrogens with zero attached hydrogens (tertiary/aromatic N) is 1. The van der Waals surface area contributed by atoms with E-state index in [1.807, 2.05) is 24.3 Å². The van der Waals surface area contributed by atoms with Gasteiger partial charge in [0.25, 0.3) is 6.43 Å². The van der Waals surface area contributed by atoms with Crippen molar-refractivity contribution in [3.05, 3.63) is 30.5 Å². The van der Waals surface area contributed by atoms with E-state index in [2.05, 4.69) is 10.3 Å². The third-order valence-electron chi connectivity index (χ3n) is 2.63. The molecule has 3 N–H and O–H groups in total. The number of nitrogen functional groups attached to an aromatic ring is 1. The van der Waals surface area contributed by atoms with Crippen molar-refractivity contribution < 1.29 is 13.5 Å². The van der Waals surface area contributed by atoms with Gasteiger partial charge in [0.15, 0.2) is 0 Å². The number of hydrogen-bond donors (Lipinski definition) is 2. The molecule has 0 amide bonds. The van der Waals surface area contributed by atoms with Crippen LogP contribution in [0, 0.1) is 0 Å². The number of anilines is 2. The number of aromatic nitrogens is 1. The van der Waals surface area contributed by atoms with E-state index in [0.29, 0.717) is 12.2 Å². The molecule has 1 aromatic carbocycles. The highest BCUT2D eigenvalue weighted by Crippen LogP contribution is 2.26. The molecule has 0 aliphatic rings. The Morgan fingerprint density at radius 1 is 1.32 bits per heavy atom. The van der Waals surface area contributed by atoms with Crippen LogP contribution in [-0.4, -0.2) is 31.2 Å². The van der Waals surface area contributed by atoms with Crippen molar-refractivity contribution >= 4 is 22.3 Å². The molecule has 0 fully saturated rings. The van der Waals surface area contributed by atoms with Gasteiger partial charge in [-0.05, 0) is 24.3 Å². The van der Waals surface area contributed by atoms with Gasteiger partial charge in [-0.2, -0.15) is 0 Å². The summed E-state index contributed by atoms with van der Waals surface area (Å²) >= 11 is 0. The average Bonchev–Trinajstić information content (AvgIpc) is 2.41. The Morgan fingerprint density at radius 2 is 2.16 bits per heavy atom. The van der Waals surface area contributed by atoms with Crippen molar-refractivity contribution in [2.45, 2.75) is 6.43 Å². The number of alkyl halides is 2. The Hall–Kier alpha value is -1.95. The molecule has 0 unspecified atom stereocenters. The van der Waals surface area contributed by atoms with E-state index < -0.39 is 13.0 Å². The zero-order valence-electron chi connectivity index (χ0n) is 10.3. The van der Waals surface area contributed by atoms with Gasteiger partial charge >= 0.3 is 0 Å². The molecule has 102 valence electrons. The first-order chi connectivity index (χ1) is 9.18. The number of ether oxygens (including phenoxy) is 1. The molecule has 2 rings (SSSR count). The summed E-state index contributed by atoms with van der Waals surface area (Å²) in [6.45, 7) is 0.0797. The van der Waals surface area contributed by atoms with E-state index in [4.69, 9.17) is 10.5 Å². The summed E-state index contributed by atoms with van der Waals surface area (Å²) in [6.07, 6.45) is -0.732. The van der Waals surface area contributed by atoms with Gasteiger partial charge in [-0.15, -0.1) is 0 Å². The topological polar surface area (TPSA) is 60.2 Å². The second kappa shape index (κ2) is 6.29. The predicted molar refractivity (Wildman–Crippen MR) is 71.5 cm³/mol. The van der Waals surface area contributed by atoms with Gasteiger partial charge in [0.05, 0.1) is 23.5 Å². The summed E-state index contributed by atoms with van der Waals surface area (Å²) in [5.41, 5.74) is 8.19. The highest BCUT2D eigenvalue weighted by molar-refractivity contribution is 5.96. The Morgan fingerprint density at radius 3 is 2.95 bits per heavy atom. The number of fused-ring (bicyclic) bond motifs is 1. The third kappa shape index (κ3) is 3.51. The standard InChI is InChI=1S/C13H15F2N3O/c14-12(15)8-19-7-6-18-11-4-3-10-9(13(11)16)2-1-5-17-10/h1-5,12,18H,6-8,16H2. The van der Waals surface area contributed by atoms with Crippen molar-refractivity contribution in [3.63, 3.8) is 0 Å². The van der Waals surface area contributed by atoms with Crippen LogP contribution in [0.1, 0.15) is 0 Å². The lowest BCUT2D eigenvalue weighted by atomic mass is 10.1. The second-order valence-electron chi connectivity index (χ2n) is 3.99. The van der Waals surface area contributed by atoms with E-state index in [1.165, 1.54) is 0 Å². The van der Waals surface area contributed by atoms with Gasteiger partial charge in [-0.25, -0.2) is 8.78 Å². The van der Waals surface area contributed by atoms with Crippen LogP contribution in [0.3, 0.4) is 0 Å². The Bertz CT molecular complexity index is 548. The maximum absolute atomic E-state index is 11.9. The van der Waals surface area contributed by atoms with Crippen LogP contribution in [0.2, 0.25) is 0 Å². The molecule has 0 atom stereocenters. The van der Waals surface area contributed by atoms with Gasteiger partial charge in [-0.3, -0.25) is 4.98 Å². The molecule has 4 nitrogen and oxygen atoms in total. The van der Waals surface area contributed by atoms with Crippen LogP contribution < -0.4 is 11.1 Å². The molecule has 0 radical (unpaired) electrons. The molecule has 2 aromatic rings. The van der Waals surface area contributed by atoms with Gasteiger partial charge < -0.3 is 15.8 Å². The van der Waals surface area contributed by atoms with E-state index >= 15 is 0 Å². The monoisotopic (exact) mass is 267 g/mol. The van der Waals surface area contributed by atoms with E-state index in [9.17, 15) is 8.78 Å². The number of halogens is 2. The quantitative estimate of drug-likeness (QED) is 0.623. The molecule has 0 bridgehead atoms. The zero-order chi connectivity index (χ0) is 13.7. The normalized spacial score (nSPS) is 11.1. The largest absolute Gasteiger partial charge is 0.397 e. The van der Waals surface area contributed by atoms with Crippen molar-refractivity contribution in [2.75, 3.05) is 30.8 Å². The van der Waals surface area contributed by atoms with Gasteiger partial charge in [0.2, 0.25) is 0 Å². The second-order valence-corrected chi connectivity index (χ2v) is 3.99. The fourth-order valence-corrected chi connectivity index (χ4v) is 1.76. The summed E-state index contributed by atoms with van der Waals surface area (Å²) in [7, 11) is 0. The molecule has 0 aliphatic carbocycles. The summed E-state index contributed by atoms with van der Waals surface area (Å²) in [4.78, 5) is 4.20. The first-order valence-electron chi connectivity index (χ1n) is 5.91. The maximum atomic E-state index is 11.9. The van der Waals surface area contributed by atoms with Gasteiger partial charge in [-0.1, -0.05) is 0 Å². The lowest BCUT2D eigenvalue weighted by Gasteiger charge is -2.11. The minimum Gasteiger partial charge on any atom is -0.397 e. The predicted octanol–water partition coefficient (Wildman–Crippen LogP) is 2.51. The lowest BCUT2D eigenvalue weighted by Crippen LogP contribution is -2.13. The van der Waals surface area contributed by atoms with Crippen LogP contribution in [0.5, 0.6) is 0 Å². The van der Waals surface area contributed by atoms with Crippen LogP contribution in [-0.2, 0) is 4.74 Å². The molecular weight excluding hydrogens is 252 g/mol. The summed E-state index contributed by atoms with van der Waals surface area (Å²) < 4.78 is 28.5. The molecule has 1 aromatic heterocycles. The number of benzene rings is 1. The van der Waals surface area contributed by atoms with Crippen LogP contribution in [0.15, 0.2) is 30.5 Å². The minimum atomic E-state index is -2.43. The highest BCUT2D eigenvalue weighted by atomic mass is 19.3. The first-order valence-corrected chi connectivity index (χ1v) is 5.91. The molecular formula is C13H15F2N3O. The molecule has 6 heteroatoms. The average molecular weight is 267 g/mol. The molecule has 0 aliphatic heterocycles. The van der Waals surface area contributed by atoms with Crippen molar-refractivity contribution in [1.29, 1.82) is 0 Å². The van der Waals surface area contributed by atoms with E-state index in [1.54, 1.807) is 6.20 Å². The van der Waals surface area contributed by atoms with Crippen molar-refractivity contribution in [3.8, 4) is 0 Å². The number of nitrogens with one attached hydrogen (secondary N) is 1. The minimum absolute atomic E-state index is 0.203. The van der Waals surface area contributed by atoms with E-state index in [-0.39, 0.29) is 6.61 Å². The molecule has 19 heavy (non-hydrogen) atoms. The number of nitrogens with two attached hydrogens (primary N) is 1. The Balaban J connectivity index is 1.96. The molecule has 0 spiro atoms.